The average Bonchev–Trinajstić information content (AvgIpc) is 3.30. The standard InChI is InChI=1S/C24H32N4O4.HI/c1-2-25-24(26-9-12-30-21-7-8-22-23(15-21)32-18-31-22)27-16-19-5-3-4-6-20(19)17-28-10-13-29-14-11-28;/h3-8,15H,2,9-14,16-18H2,1H3,(H2,25,26,27);1H. The molecule has 2 aliphatic rings. The lowest BCUT2D eigenvalue weighted by molar-refractivity contribution is 0.0341. The Hall–Kier alpha value is -2.24. The predicted molar refractivity (Wildman–Crippen MR) is 139 cm³/mol. The van der Waals surface area contributed by atoms with E-state index >= 15 is 0 Å². The number of nitrogens with zero attached hydrogens (tertiary/aromatic N) is 2. The highest BCUT2D eigenvalue weighted by atomic mass is 127. The quantitative estimate of drug-likeness (QED) is 0.209. The summed E-state index contributed by atoms with van der Waals surface area (Å²) in [7, 11) is 0. The van der Waals surface area contributed by atoms with Crippen LogP contribution in [0.15, 0.2) is 47.5 Å². The zero-order valence-corrected chi connectivity index (χ0v) is 21.4. The molecule has 0 spiro atoms. The van der Waals surface area contributed by atoms with Gasteiger partial charge in [0.25, 0.3) is 0 Å². The number of nitrogens with one attached hydrogen (secondary N) is 2. The molecule has 0 unspecified atom stereocenters. The van der Waals surface area contributed by atoms with Crippen LogP contribution < -0.4 is 24.8 Å². The first-order valence-corrected chi connectivity index (χ1v) is 11.2. The summed E-state index contributed by atoms with van der Waals surface area (Å²) in [6, 6.07) is 14.1. The van der Waals surface area contributed by atoms with Gasteiger partial charge in [0.2, 0.25) is 6.79 Å². The maximum absolute atomic E-state index is 5.83. The number of aliphatic imine (C=N–C) groups is 1. The third kappa shape index (κ3) is 7.65. The molecule has 9 heteroatoms. The normalized spacial score (nSPS) is 15.6. The summed E-state index contributed by atoms with van der Waals surface area (Å²) in [6.07, 6.45) is 0. The van der Waals surface area contributed by atoms with Gasteiger partial charge in [-0.1, -0.05) is 24.3 Å². The van der Waals surface area contributed by atoms with Crippen molar-refractivity contribution < 1.29 is 18.9 Å². The summed E-state index contributed by atoms with van der Waals surface area (Å²) in [5, 5.41) is 6.65. The molecule has 0 atom stereocenters. The second kappa shape index (κ2) is 13.5. The van der Waals surface area contributed by atoms with E-state index in [1.54, 1.807) is 0 Å². The van der Waals surface area contributed by atoms with E-state index in [4.69, 9.17) is 23.9 Å². The molecule has 8 nitrogen and oxygen atoms in total. The number of benzene rings is 2. The summed E-state index contributed by atoms with van der Waals surface area (Å²) in [4.78, 5) is 7.22. The first-order chi connectivity index (χ1) is 15.8. The number of morpholine rings is 1. The Kier molecular flexibility index (Phi) is 10.4. The van der Waals surface area contributed by atoms with Crippen molar-refractivity contribution in [2.75, 3.05) is 52.8 Å². The largest absolute Gasteiger partial charge is 0.492 e. The van der Waals surface area contributed by atoms with Gasteiger partial charge in [-0.2, -0.15) is 0 Å². The molecule has 0 saturated carbocycles. The first kappa shape index (κ1) is 25.4. The zero-order valence-electron chi connectivity index (χ0n) is 19.0. The number of fused-ring (bicyclic) bond motifs is 1. The van der Waals surface area contributed by atoms with E-state index in [0.717, 1.165) is 62.6 Å². The Balaban J connectivity index is 0.00000306. The maximum Gasteiger partial charge on any atom is 0.231 e. The van der Waals surface area contributed by atoms with Crippen molar-refractivity contribution in [3.05, 3.63) is 53.6 Å². The van der Waals surface area contributed by atoms with Crippen LogP contribution in [0.5, 0.6) is 17.2 Å². The second-order valence-corrected chi connectivity index (χ2v) is 7.64. The molecular weight excluding hydrogens is 535 g/mol. The Labute approximate surface area is 212 Å². The van der Waals surface area contributed by atoms with E-state index in [2.05, 4.69) is 46.7 Å². The number of rotatable bonds is 9. The van der Waals surface area contributed by atoms with Crippen molar-refractivity contribution >= 4 is 29.9 Å². The van der Waals surface area contributed by atoms with Crippen LogP contribution in [-0.4, -0.2) is 63.7 Å². The number of ether oxygens (including phenoxy) is 4. The molecule has 1 fully saturated rings. The van der Waals surface area contributed by atoms with E-state index in [1.807, 2.05) is 18.2 Å². The summed E-state index contributed by atoms with van der Waals surface area (Å²) < 4.78 is 22.0. The minimum atomic E-state index is 0. The Morgan fingerprint density at radius 3 is 2.64 bits per heavy atom. The van der Waals surface area contributed by atoms with Crippen molar-refractivity contribution in [2.45, 2.75) is 20.0 Å². The lowest BCUT2D eigenvalue weighted by Gasteiger charge is -2.27. The minimum absolute atomic E-state index is 0. The lowest BCUT2D eigenvalue weighted by atomic mass is 10.1. The highest BCUT2D eigenvalue weighted by molar-refractivity contribution is 14.0. The van der Waals surface area contributed by atoms with E-state index in [1.165, 1.54) is 11.1 Å². The van der Waals surface area contributed by atoms with Gasteiger partial charge < -0.3 is 29.6 Å². The third-order valence-corrected chi connectivity index (χ3v) is 5.38. The molecule has 2 heterocycles. The van der Waals surface area contributed by atoms with Crippen LogP contribution in [0.3, 0.4) is 0 Å². The topological polar surface area (TPSA) is 76.6 Å². The molecule has 0 bridgehead atoms. The second-order valence-electron chi connectivity index (χ2n) is 7.64. The Morgan fingerprint density at radius 1 is 1.03 bits per heavy atom. The van der Waals surface area contributed by atoms with Crippen molar-refractivity contribution in [3.8, 4) is 17.2 Å². The minimum Gasteiger partial charge on any atom is -0.492 e. The monoisotopic (exact) mass is 568 g/mol. The fourth-order valence-electron chi connectivity index (χ4n) is 3.68. The number of hydrogen-bond donors (Lipinski definition) is 2. The van der Waals surface area contributed by atoms with Gasteiger partial charge >= 0.3 is 0 Å². The summed E-state index contributed by atoms with van der Waals surface area (Å²) in [5.74, 6) is 3.02. The highest BCUT2D eigenvalue weighted by Crippen LogP contribution is 2.34. The Bertz CT molecular complexity index is 906. The van der Waals surface area contributed by atoms with Crippen LogP contribution in [0, 0.1) is 0 Å². The molecule has 0 radical (unpaired) electrons. The smallest absolute Gasteiger partial charge is 0.231 e. The van der Waals surface area contributed by atoms with Crippen LogP contribution >= 0.6 is 24.0 Å². The molecule has 4 rings (SSSR count). The van der Waals surface area contributed by atoms with Crippen molar-refractivity contribution in [3.63, 3.8) is 0 Å². The molecule has 1 saturated heterocycles. The van der Waals surface area contributed by atoms with Crippen molar-refractivity contribution in [1.29, 1.82) is 0 Å². The Morgan fingerprint density at radius 2 is 1.82 bits per heavy atom. The van der Waals surface area contributed by atoms with Crippen LogP contribution in [0.4, 0.5) is 0 Å². The fraction of sp³-hybridized carbons (Fsp3) is 0.458. The molecule has 33 heavy (non-hydrogen) atoms. The van der Waals surface area contributed by atoms with Crippen LogP contribution in [0.1, 0.15) is 18.1 Å². The molecule has 0 aliphatic carbocycles. The molecule has 180 valence electrons. The van der Waals surface area contributed by atoms with Gasteiger partial charge in [-0.05, 0) is 30.2 Å². The number of hydrogen-bond acceptors (Lipinski definition) is 6. The number of halogens is 1. The third-order valence-electron chi connectivity index (χ3n) is 5.38. The molecule has 2 N–H and O–H groups in total. The zero-order chi connectivity index (χ0) is 22.0. The average molecular weight is 568 g/mol. The van der Waals surface area contributed by atoms with Crippen LogP contribution in [0.2, 0.25) is 0 Å². The summed E-state index contributed by atoms with van der Waals surface area (Å²) in [6.45, 7) is 9.40. The van der Waals surface area contributed by atoms with Crippen molar-refractivity contribution in [2.24, 2.45) is 4.99 Å². The lowest BCUT2D eigenvalue weighted by Crippen LogP contribution is -2.39. The van der Waals surface area contributed by atoms with Gasteiger partial charge in [0.1, 0.15) is 12.4 Å². The van der Waals surface area contributed by atoms with Crippen LogP contribution in [-0.2, 0) is 17.8 Å². The van der Waals surface area contributed by atoms with Crippen LogP contribution in [0.25, 0.3) is 0 Å². The fourth-order valence-corrected chi connectivity index (χ4v) is 3.68. The van der Waals surface area contributed by atoms with Gasteiger partial charge in [0.05, 0.1) is 26.3 Å². The molecule has 0 aromatic heterocycles. The number of guanidine groups is 1. The summed E-state index contributed by atoms with van der Waals surface area (Å²) >= 11 is 0. The van der Waals surface area contributed by atoms with E-state index < -0.39 is 0 Å². The molecule has 2 aliphatic heterocycles. The first-order valence-electron chi connectivity index (χ1n) is 11.2. The van der Waals surface area contributed by atoms with Gasteiger partial charge in [-0.15, -0.1) is 24.0 Å². The highest BCUT2D eigenvalue weighted by Gasteiger charge is 2.14. The molecule has 2 aromatic carbocycles. The van der Waals surface area contributed by atoms with E-state index in [0.29, 0.717) is 19.7 Å². The predicted octanol–water partition coefficient (Wildman–Crippen LogP) is 3.00. The van der Waals surface area contributed by atoms with E-state index in [-0.39, 0.29) is 30.8 Å². The molecule has 0 amide bonds. The maximum atomic E-state index is 5.83. The molecule has 2 aromatic rings. The SMILES string of the molecule is CCNC(=NCc1ccccc1CN1CCOCC1)NCCOc1ccc2c(c1)OCO2.I. The van der Waals surface area contributed by atoms with Gasteiger partial charge in [-0.3, -0.25) is 4.90 Å². The molecular formula is C24H33IN4O4. The van der Waals surface area contributed by atoms with Gasteiger partial charge in [0, 0.05) is 32.2 Å². The van der Waals surface area contributed by atoms with Gasteiger partial charge in [0.15, 0.2) is 17.5 Å². The van der Waals surface area contributed by atoms with Crippen molar-refractivity contribution in [1.82, 2.24) is 15.5 Å². The van der Waals surface area contributed by atoms with Gasteiger partial charge in [-0.25, -0.2) is 4.99 Å². The van der Waals surface area contributed by atoms with E-state index in [9.17, 15) is 0 Å². The summed E-state index contributed by atoms with van der Waals surface area (Å²) in [5.41, 5.74) is 2.56.